The molecule has 0 amide bonds. The van der Waals surface area contributed by atoms with Crippen molar-refractivity contribution in [3.8, 4) is 11.5 Å². The van der Waals surface area contributed by atoms with Gasteiger partial charge in [0.15, 0.2) is 0 Å². The maximum Gasteiger partial charge on any atom is 0.240 e. The van der Waals surface area contributed by atoms with Crippen LogP contribution >= 0.6 is 0 Å². The van der Waals surface area contributed by atoms with Gasteiger partial charge in [-0.25, -0.2) is 13.1 Å². The summed E-state index contributed by atoms with van der Waals surface area (Å²) in [5.41, 5.74) is 1.88. The number of hydrogen-bond donors (Lipinski definition) is 1. The molecule has 136 valence electrons. The second-order valence-electron chi connectivity index (χ2n) is 6.10. The fourth-order valence-electron chi connectivity index (χ4n) is 2.42. The molecule has 0 unspecified atom stereocenters. The molecule has 2 aromatic carbocycles. The third-order valence-corrected chi connectivity index (χ3v) is 5.50. The number of rotatable bonds is 8. The van der Waals surface area contributed by atoms with Crippen LogP contribution < -0.4 is 14.2 Å². The first-order chi connectivity index (χ1) is 11.8. The van der Waals surface area contributed by atoms with Gasteiger partial charge < -0.3 is 9.47 Å². The number of benzene rings is 2. The second kappa shape index (κ2) is 8.36. The fraction of sp³-hybridized carbons (Fsp3) is 0.368. The van der Waals surface area contributed by atoms with Crippen molar-refractivity contribution in [2.75, 3.05) is 20.3 Å². The van der Waals surface area contributed by atoms with Crippen molar-refractivity contribution in [2.24, 2.45) is 0 Å². The molecule has 0 fully saturated rings. The highest BCUT2D eigenvalue weighted by Gasteiger charge is 2.16. The molecule has 0 spiro atoms. The molecule has 1 N–H and O–H groups in total. The molecule has 0 saturated carbocycles. The Hall–Kier alpha value is -2.05. The zero-order valence-corrected chi connectivity index (χ0v) is 15.9. The van der Waals surface area contributed by atoms with Crippen LogP contribution in [-0.2, 0) is 10.0 Å². The van der Waals surface area contributed by atoms with E-state index < -0.39 is 10.0 Å². The lowest BCUT2D eigenvalue weighted by atomic mass is 10.0. The number of ether oxygens (including phenoxy) is 2. The zero-order valence-electron chi connectivity index (χ0n) is 15.1. The molecular weight excluding hydrogens is 338 g/mol. The van der Waals surface area contributed by atoms with E-state index in [1.165, 1.54) is 5.56 Å². The van der Waals surface area contributed by atoms with Crippen LogP contribution in [-0.4, -0.2) is 28.7 Å². The van der Waals surface area contributed by atoms with E-state index in [4.69, 9.17) is 9.47 Å². The zero-order chi connectivity index (χ0) is 18.4. The van der Waals surface area contributed by atoms with Gasteiger partial charge in [0.1, 0.15) is 18.1 Å². The van der Waals surface area contributed by atoms with E-state index in [9.17, 15) is 8.42 Å². The van der Waals surface area contributed by atoms with E-state index in [1.807, 2.05) is 24.3 Å². The largest absolute Gasteiger partial charge is 0.497 e. The Morgan fingerprint density at radius 2 is 1.68 bits per heavy atom. The van der Waals surface area contributed by atoms with Crippen molar-refractivity contribution in [1.82, 2.24) is 4.72 Å². The Morgan fingerprint density at radius 1 is 1.04 bits per heavy atom. The van der Waals surface area contributed by atoms with Gasteiger partial charge in [-0.15, -0.1) is 0 Å². The first-order valence-electron chi connectivity index (χ1n) is 8.20. The highest BCUT2D eigenvalue weighted by Crippen LogP contribution is 2.21. The molecule has 0 atom stereocenters. The van der Waals surface area contributed by atoms with Crippen LogP contribution in [0.3, 0.4) is 0 Å². The molecule has 2 aromatic rings. The number of nitrogens with one attached hydrogen (secondary N) is 1. The third kappa shape index (κ3) is 5.21. The van der Waals surface area contributed by atoms with Crippen molar-refractivity contribution in [3.05, 3.63) is 53.6 Å². The predicted octanol–water partition coefficient (Wildman–Crippen LogP) is 3.48. The standard InChI is InChI=1S/C19H25NO4S/c1-14(2)16-5-7-17(8-6-16)24-12-11-20-25(21,22)19-10-9-18(23-4)13-15(19)3/h5-10,13-14,20H,11-12H2,1-4H3. The predicted molar refractivity (Wildman–Crippen MR) is 98.9 cm³/mol. The number of aryl methyl sites for hydroxylation is 1. The quantitative estimate of drug-likeness (QED) is 0.729. The van der Waals surface area contributed by atoms with Crippen LogP contribution in [0.4, 0.5) is 0 Å². The van der Waals surface area contributed by atoms with Crippen molar-refractivity contribution in [2.45, 2.75) is 31.6 Å². The summed E-state index contributed by atoms with van der Waals surface area (Å²) in [6, 6.07) is 12.7. The topological polar surface area (TPSA) is 64.6 Å². The van der Waals surface area contributed by atoms with Gasteiger partial charge in [-0.05, 0) is 54.3 Å². The summed E-state index contributed by atoms with van der Waals surface area (Å²) in [4.78, 5) is 0.245. The lowest BCUT2D eigenvalue weighted by molar-refractivity contribution is 0.322. The SMILES string of the molecule is COc1ccc(S(=O)(=O)NCCOc2ccc(C(C)C)cc2)c(C)c1. The van der Waals surface area contributed by atoms with E-state index in [0.29, 0.717) is 17.2 Å². The van der Waals surface area contributed by atoms with Gasteiger partial charge in [0, 0.05) is 6.54 Å². The highest BCUT2D eigenvalue weighted by atomic mass is 32.2. The first kappa shape index (κ1) is 19.3. The molecule has 0 bridgehead atoms. The van der Waals surface area contributed by atoms with E-state index in [2.05, 4.69) is 18.6 Å². The van der Waals surface area contributed by atoms with Crippen LogP contribution in [0.25, 0.3) is 0 Å². The smallest absolute Gasteiger partial charge is 0.240 e. The Balaban J connectivity index is 1.90. The van der Waals surface area contributed by atoms with Crippen molar-refractivity contribution < 1.29 is 17.9 Å². The molecule has 0 heterocycles. The number of hydrogen-bond acceptors (Lipinski definition) is 4. The van der Waals surface area contributed by atoms with Crippen molar-refractivity contribution in [1.29, 1.82) is 0 Å². The van der Waals surface area contributed by atoms with Crippen LogP contribution in [0.5, 0.6) is 11.5 Å². The number of sulfonamides is 1. The number of methoxy groups -OCH3 is 1. The van der Waals surface area contributed by atoms with Crippen molar-refractivity contribution in [3.63, 3.8) is 0 Å². The summed E-state index contributed by atoms with van der Waals surface area (Å²) in [5.74, 6) is 1.82. The lowest BCUT2D eigenvalue weighted by Gasteiger charge is -2.12. The van der Waals surface area contributed by atoms with Crippen LogP contribution in [0.2, 0.25) is 0 Å². The molecule has 0 aliphatic heterocycles. The summed E-state index contributed by atoms with van der Waals surface area (Å²) >= 11 is 0. The van der Waals surface area contributed by atoms with E-state index in [-0.39, 0.29) is 18.0 Å². The average Bonchev–Trinajstić information content (AvgIpc) is 2.58. The van der Waals surface area contributed by atoms with Gasteiger partial charge in [-0.3, -0.25) is 0 Å². The maximum absolute atomic E-state index is 12.4. The monoisotopic (exact) mass is 363 g/mol. The fourth-order valence-corrected chi connectivity index (χ4v) is 3.66. The molecule has 6 heteroatoms. The minimum Gasteiger partial charge on any atom is -0.497 e. The van der Waals surface area contributed by atoms with E-state index in [0.717, 1.165) is 5.75 Å². The van der Waals surface area contributed by atoms with E-state index in [1.54, 1.807) is 32.2 Å². The molecular formula is C19H25NO4S. The molecule has 0 aromatic heterocycles. The summed E-state index contributed by atoms with van der Waals surface area (Å²) in [7, 11) is -2.03. The van der Waals surface area contributed by atoms with Crippen LogP contribution in [0, 0.1) is 6.92 Å². The lowest BCUT2D eigenvalue weighted by Crippen LogP contribution is -2.28. The minimum absolute atomic E-state index is 0.194. The van der Waals surface area contributed by atoms with Crippen LogP contribution in [0.15, 0.2) is 47.4 Å². The molecule has 0 saturated heterocycles. The Morgan fingerprint density at radius 3 is 2.24 bits per heavy atom. The van der Waals surface area contributed by atoms with Gasteiger partial charge >= 0.3 is 0 Å². The van der Waals surface area contributed by atoms with E-state index >= 15 is 0 Å². The van der Waals surface area contributed by atoms with Gasteiger partial charge in [-0.2, -0.15) is 0 Å². The molecule has 0 aliphatic carbocycles. The Bertz CT molecular complexity index is 799. The Kier molecular flexibility index (Phi) is 6.45. The highest BCUT2D eigenvalue weighted by molar-refractivity contribution is 7.89. The van der Waals surface area contributed by atoms with Gasteiger partial charge in [0.05, 0.1) is 12.0 Å². The summed E-state index contributed by atoms with van der Waals surface area (Å²) in [6.45, 7) is 6.46. The van der Waals surface area contributed by atoms with Crippen molar-refractivity contribution >= 4 is 10.0 Å². The molecule has 5 nitrogen and oxygen atoms in total. The normalized spacial score (nSPS) is 11.6. The van der Waals surface area contributed by atoms with Crippen LogP contribution in [0.1, 0.15) is 30.9 Å². The maximum atomic E-state index is 12.4. The summed E-state index contributed by atoms with van der Waals surface area (Å²) < 4.78 is 38.0. The Labute approximate surface area is 150 Å². The van der Waals surface area contributed by atoms with Gasteiger partial charge in [0.25, 0.3) is 0 Å². The van der Waals surface area contributed by atoms with Gasteiger partial charge in [0.2, 0.25) is 10.0 Å². The van der Waals surface area contributed by atoms with Gasteiger partial charge in [-0.1, -0.05) is 26.0 Å². The molecule has 0 aliphatic rings. The third-order valence-electron chi connectivity index (χ3n) is 3.88. The second-order valence-corrected chi connectivity index (χ2v) is 7.84. The average molecular weight is 363 g/mol. The molecule has 0 radical (unpaired) electrons. The summed E-state index contributed by atoms with van der Waals surface area (Å²) in [6.07, 6.45) is 0. The molecule has 25 heavy (non-hydrogen) atoms. The molecule has 2 rings (SSSR count). The first-order valence-corrected chi connectivity index (χ1v) is 9.69. The minimum atomic E-state index is -3.57. The summed E-state index contributed by atoms with van der Waals surface area (Å²) in [5, 5.41) is 0.